The highest BCUT2D eigenvalue weighted by Crippen LogP contribution is 2.30. The summed E-state index contributed by atoms with van der Waals surface area (Å²) in [4.78, 5) is 17.3. The van der Waals surface area contributed by atoms with Gasteiger partial charge in [0.05, 0.1) is 10.6 Å². The maximum atomic E-state index is 12.3. The van der Waals surface area contributed by atoms with Crippen molar-refractivity contribution in [3.8, 4) is 0 Å². The Labute approximate surface area is 154 Å². The molecule has 1 aliphatic heterocycles. The fourth-order valence-electron chi connectivity index (χ4n) is 2.74. The van der Waals surface area contributed by atoms with Crippen LogP contribution in [0.3, 0.4) is 0 Å². The number of carbonyl (C=O) groups excluding carboxylic acids is 1. The molecule has 0 atom stereocenters. The normalized spacial score (nSPS) is 17.6. The van der Waals surface area contributed by atoms with Crippen LogP contribution in [0, 0.1) is 0 Å². The van der Waals surface area contributed by atoms with Crippen molar-refractivity contribution >= 4 is 57.1 Å². The lowest BCUT2D eigenvalue weighted by Gasteiger charge is -1.96. The highest BCUT2D eigenvalue weighted by atomic mass is 35.5. The first-order valence-corrected chi connectivity index (χ1v) is 8.89. The van der Waals surface area contributed by atoms with Gasteiger partial charge in [-0.2, -0.15) is 0 Å². The Kier molecular flexibility index (Phi) is 4.11. The molecule has 1 amide bonds. The number of fused-ring (bicyclic) bond motifs is 1. The van der Waals surface area contributed by atoms with Crippen LogP contribution in [-0.4, -0.2) is 15.6 Å². The summed E-state index contributed by atoms with van der Waals surface area (Å²) >= 11 is 7.22. The minimum Gasteiger partial charge on any atom is -0.350 e. The summed E-state index contributed by atoms with van der Waals surface area (Å²) in [7, 11) is 2.00. The first-order chi connectivity index (χ1) is 12.1. The SMILES string of the molecule is Cn1cc(C=C2SC(=Nc3ccc(Cl)cc3)NC2=O)c2ccccc21. The van der Waals surface area contributed by atoms with Crippen LogP contribution in [0.5, 0.6) is 0 Å². The number of rotatable bonds is 2. The average molecular weight is 368 g/mol. The van der Waals surface area contributed by atoms with Crippen LogP contribution < -0.4 is 5.32 Å². The molecule has 4 rings (SSSR count). The molecule has 0 aliphatic carbocycles. The van der Waals surface area contributed by atoms with Crippen molar-refractivity contribution in [2.24, 2.45) is 12.0 Å². The van der Waals surface area contributed by atoms with Crippen molar-refractivity contribution in [2.75, 3.05) is 0 Å². The molecule has 4 nitrogen and oxygen atoms in total. The Balaban J connectivity index is 1.66. The van der Waals surface area contributed by atoms with E-state index in [1.165, 1.54) is 11.8 Å². The molecule has 1 saturated heterocycles. The number of halogens is 1. The fraction of sp³-hybridized carbons (Fsp3) is 0.0526. The Morgan fingerprint density at radius 1 is 1.16 bits per heavy atom. The predicted molar refractivity (Wildman–Crippen MR) is 105 cm³/mol. The van der Waals surface area contributed by atoms with E-state index in [9.17, 15) is 4.79 Å². The van der Waals surface area contributed by atoms with E-state index in [1.54, 1.807) is 12.1 Å². The molecule has 0 radical (unpaired) electrons. The number of benzene rings is 2. The maximum Gasteiger partial charge on any atom is 0.264 e. The zero-order valence-corrected chi connectivity index (χ0v) is 14.9. The maximum absolute atomic E-state index is 12.3. The molecular formula is C19H14ClN3OS. The number of hydrogen-bond acceptors (Lipinski definition) is 3. The lowest BCUT2D eigenvalue weighted by atomic mass is 10.1. The summed E-state index contributed by atoms with van der Waals surface area (Å²) in [6.45, 7) is 0. The van der Waals surface area contributed by atoms with E-state index in [0.717, 1.165) is 22.2 Å². The zero-order chi connectivity index (χ0) is 17.4. The molecule has 3 aromatic rings. The number of amides is 1. The van der Waals surface area contributed by atoms with Gasteiger partial charge in [-0.1, -0.05) is 29.8 Å². The smallest absolute Gasteiger partial charge is 0.264 e. The molecule has 2 heterocycles. The number of hydrogen-bond donors (Lipinski definition) is 1. The van der Waals surface area contributed by atoms with Crippen molar-refractivity contribution in [1.29, 1.82) is 0 Å². The number of aliphatic imine (C=N–C) groups is 1. The van der Waals surface area contributed by atoms with Crippen molar-refractivity contribution in [3.05, 3.63) is 70.2 Å². The lowest BCUT2D eigenvalue weighted by molar-refractivity contribution is -0.115. The van der Waals surface area contributed by atoms with Gasteiger partial charge in [0.1, 0.15) is 0 Å². The second-order valence-electron chi connectivity index (χ2n) is 5.67. The number of aromatic nitrogens is 1. The van der Waals surface area contributed by atoms with Gasteiger partial charge in [0.25, 0.3) is 5.91 Å². The Morgan fingerprint density at radius 3 is 2.72 bits per heavy atom. The number of para-hydroxylation sites is 1. The summed E-state index contributed by atoms with van der Waals surface area (Å²) in [6.07, 6.45) is 3.94. The molecule has 1 N–H and O–H groups in total. The van der Waals surface area contributed by atoms with Crippen molar-refractivity contribution < 1.29 is 4.79 Å². The van der Waals surface area contributed by atoms with Crippen molar-refractivity contribution in [2.45, 2.75) is 0 Å². The third kappa shape index (κ3) is 3.21. The van der Waals surface area contributed by atoms with Gasteiger partial charge in [0.15, 0.2) is 5.17 Å². The van der Waals surface area contributed by atoms with E-state index >= 15 is 0 Å². The predicted octanol–water partition coefficient (Wildman–Crippen LogP) is 4.72. The molecule has 0 saturated carbocycles. The van der Waals surface area contributed by atoms with Crippen LogP contribution in [-0.2, 0) is 11.8 Å². The standard InChI is InChI=1S/C19H14ClN3OS/c1-23-11-12(15-4-2-3-5-16(15)23)10-17-18(24)22-19(25-17)21-14-8-6-13(20)7-9-14/h2-11H,1H3,(H,21,22,24). The van der Waals surface area contributed by atoms with Gasteiger partial charge < -0.3 is 9.88 Å². The van der Waals surface area contributed by atoms with Crippen LogP contribution in [0.2, 0.25) is 5.02 Å². The molecule has 6 heteroatoms. The Morgan fingerprint density at radius 2 is 1.92 bits per heavy atom. The number of aryl methyl sites for hydroxylation is 1. The fourth-order valence-corrected chi connectivity index (χ4v) is 3.70. The monoisotopic (exact) mass is 367 g/mol. The number of amidine groups is 1. The molecule has 1 aliphatic rings. The summed E-state index contributed by atoms with van der Waals surface area (Å²) in [5.41, 5.74) is 2.90. The topological polar surface area (TPSA) is 46.4 Å². The molecule has 2 aromatic carbocycles. The summed E-state index contributed by atoms with van der Waals surface area (Å²) < 4.78 is 2.06. The Hall–Kier alpha value is -2.50. The van der Waals surface area contributed by atoms with E-state index in [1.807, 2.05) is 43.6 Å². The highest BCUT2D eigenvalue weighted by Gasteiger charge is 2.24. The van der Waals surface area contributed by atoms with E-state index in [0.29, 0.717) is 15.1 Å². The van der Waals surface area contributed by atoms with Crippen LogP contribution in [0.1, 0.15) is 5.56 Å². The molecule has 0 unspecified atom stereocenters. The quantitative estimate of drug-likeness (QED) is 0.666. The van der Waals surface area contributed by atoms with Crippen molar-refractivity contribution in [3.63, 3.8) is 0 Å². The van der Waals surface area contributed by atoms with Gasteiger partial charge in [-0.25, -0.2) is 4.99 Å². The van der Waals surface area contributed by atoms with Crippen LogP contribution in [0.25, 0.3) is 17.0 Å². The molecular weight excluding hydrogens is 354 g/mol. The third-order valence-corrected chi connectivity index (χ3v) is 5.08. The van der Waals surface area contributed by atoms with Crippen LogP contribution in [0.15, 0.2) is 64.6 Å². The second-order valence-corrected chi connectivity index (χ2v) is 7.14. The minimum atomic E-state index is -0.134. The van der Waals surface area contributed by atoms with Crippen LogP contribution >= 0.6 is 23.4 Å². The highest BCUT2D eigenvalue weighted by molar-refractivity contribution is 8.18. The molecule has 0 spiro atoms. The Bertz CT molecular complexity index is 1030. The molecule has 1 fully saturated rings. The second kappa shape index (κ2) is 6.43. The van der Waals surface area contributed by atoms with Gasteiger partial charge in [0, 0.05) is 34.7 Å². The van der Waals surface area contributed by atoms with Gasteiger partial charge in [-0.3, -0.25) is 4.79 Å². The molecule has 0 bridgehead atoms. The minimum absolute atomic E-state index is 0.134. The van der Waals surface area contributed by atoms with Crippen molar-refractivity contribution in [1.82, 2.24) is 9.88 Å². The summed E-state index contributed by atoms with van der Waals surface area (Å²) in [6, 6.07) is 15.3. The lowest BCUT2D eigenvalue weighted by Crippen LogP contribution is -2.19. The third-order valence-electron chi connectivity index (χ3n) is 3.92. The van der Waals surface area contributed by atoms with E-state index in [-0.39, 0.29) is 5.91 Å². The van der Waals surface area contributed by atoms with Gasteiger partial charge >= 0.3 is 0 Å². The van der Waals surface area contributed by atoms with Gasteiger partial charge in [-0.15, -0.1) is 0 Å². The number of carbonyl (C=O) groups is 1. The molecule has 1 aromatic heterocycles. The van der Waals surface area contributed by atoms with E-state index < -0.39 is 0 Å². The van der Waals surface area contributed by atoms with E-state index in [4.69, 9.17) is 11.6 Å². The number of nitrogens with zero attached hydrogens (tertiary/aromatic N) is 2. The largest absolute Gasteiger partial charge is 0.350 e. The molecule has 25 heavy (non-hydrogen) atoms. The van der Waals surface area contributed by atoms with Gasteiger partial charge in [-0.05, 0) is 48.2 Å². The average Bonchev–Trinajstić information content (AvgIpc) is 3.11. The van der Waals surface area contributed by atoms with Crippen LogP contribution in [0.4, 0.5) is 5.69 Å². The first-order valence-electron chi connectivity index (χ1n) is 7.69. The zero-order valence-electron chi connectivity index (χ0n) is 13.4. The first kappa shape index (κ1) is 16.0. The summed E-state index contributed by atoms with van der Waals surface area (Å²) in [5, 5.41) is 5.15. The van der Waals surface area contributed by atoms with E-state index in [2.05, 4.69) is 27.0 Å². The molecule has 124 valence electrons. The van der Waals surface area contributed by atoms with Gasteiger partial charge in [0.2, 0.25) is 0 Å². The number of thioether (sulfide) groups is 1. The number of nitrogens with one attached hydrogen (secondary N) is 1. The summed E-state index contributed by atoms with van der Waals surface area (Å²) in [5.74, 6) is -0.134.